The van der Waals surface area contributed by atoms with Crippen LogP contribution in [-0.2, 0) is 11.0 Å². The number of nitrogens with zero attached hydrogens (tertiary/aromatic N) is 2. The maximum atomic E-state index is 12.5. The van der Waals surface area contributed by atoms with E-state index in [2.05, 4.69) is 15.5 Å². The largest absolute Gasteiger partial charge is 0.490 e. The fraction of sp³-hybridized carbons (Fsp3) is 0.235. The molecule has 11 heteroatoms. The Kier molecular flexibility index (Phi) is 7.43. The lowest BCUT2D eigenvalue weighted by Crippen LogP contribution is -2.11. The predicted molar refractivity (Wildman–Crippen MR) is 104 cm³/mol. The Morgan fingerprint density at radius 3 is 2.68 bits per heavy atom. The number of hydrogen-bond acceptors (Lipinski definition) is 6. The van der Waals surface area contributed by atoms with Gasteiger partial charge in [0.15, 0.2) is 18.1 Å². The number of nitrogens with one attached hydrogen (secondary N) is 1. The van der Waals surface area contributed by atoms with E-state index in [1.165, 1.54) is 12.3 Å². The van der Waals surface area contributed by atoms with Crippen molar-refractivity contribution in [1.29, 1.82) is 0 Å². The average molecular weight is 509 g/mol. The number of halogens is 4. The molecule has 0 spiro atoms. The minimum atomic E-state index is -4.45. The average Bonchev–Trinajstić information content (AvgIpc) is 2.61. The minimum absolute atomic E-state index is 0.144. The highest BCUT2D eigenvalue weighted by Crippen LogP contribution is 2.34. The summed E-state index contributed by atoms with van der Waals surface area (Å²) < 4.78 is 48.9. The Hall–Kier alpha value is -2.57. The van der Waals surface area contributed by atoms with Crippen molar-refractivity contribution in [3.63, 3.8) is 0 Å². The lowest BCUT2D eigenvalue weighted by molar-refractivity contribution is -0.139. The molecule has 0 atom stereocenters. The molecule has 2 N–H and O–H groups in total. The Bertz CT molecular complexity index is 858. The molecule has 0 bridgehead atoms. The number of pyridine rings is 1. The molecular formula is C17H15F3IN3O4. The molecule has 150 valence electrons. The summed E-state index contributed by atoms with van der Waals surface area (Å²) >= 11 is 1.97. The number of aliphatic carboxylic acids is 1. The quantitative estimate of drug-likeness (QED) is 0.318. The van der Waals surface area contributed by atoms with E-state index in [4.69, 9.17) is 14.6 Å². The third-order valence-corrected chi connectivity index (χ3v) is 3.96. The van der Waals surface area contributed by atoms with Gasteiger partial charge in [0.1, 0.15) is 5.82 Å². The summed E-state index contributed by atoms with van der Waals surface area (Å²) in [5.74, 6) is -0.313. The number of anilines is 1. The minimum Gasteiger partial charge on any atom is -0.490 e. The van der Waals surface area contributed by atoms with Crippen LogP contribution >= 0.6 is 22.6 Å². The van der Waals surface area contributed by atoms with Gasteiger partial charge in [-0.1, -0.05) is 0 Å². The van der Waals surface area contributed by atoms with Gasteiger partial charge in [0.25, 0.3) is 0 Å². The molecule has 0 amide bonds. The van der Waals surface area contributed by atoms with Gasteiger partial charge in [-0.15, -0.1) is 0 Å². The summed E-state index contributed by atoms with van der Waals surface area (Å²) in [7, 11) is 0. The van der Waals surface area contributed by atoms with Crippen molar-refractivity contribution in [3.8, 4) is 11.5 Å². The highest BCUT2D eigenvalue weighted by atomic mass is 127. The summed E-state index contributed by atoms with van der Waals surface area (Å²) in [6.07, 6.45) is -2.32. The number of alkyl halides is 3. The summed E-state index contributed by atoms with van der Waals surface area (Å²) in [5.41, 5.74) is 2.29. The smallest absolute Gasteiger partial charge is 0.417 e. The van der Waals surface area contributed by atoms with Crippen LogP contribution in [0, 0.1) is 3.57 Å². The van der Waals surface area contributed by atoms with Crippen molar-refractivity contribution in [2.75, 3.05) is 18.6 Å². The maximum Gasteiger partial charge on any atom is 0.417 e. The van der Waals surface area contributed by atoms with Gasteiger partial charge in [-0.05, 0) is 59.3 Å². The van der Waals surface area contributed by atoms with Crippen LogP contribution in [0.5, 0.6) is 11.5 Å². The van der Waals surface area contributed by atoms with Crippen molar-refractivity contribution in [2.45, 2.75) is 13.1 Å². The molecule has 1 aromatic carbocycles. The van der Waals surface area contributed by atoms with Crippen molar-refractivity contribution >= 4 is 40.6 Å². The van der Waals surface area contributed by atoms with E-state index >= 15 is 0 Å². The number of ether oxygens (including phenoxy) is 2. The van der Waals surface area contributed by atoms with Gasteiger partial charge in [-0.2, -0.15) is 18.3 Å². The van der Waals surface area contributed by atoms with E-state index in [1.54, 1.807) is 19.1 Å². The second-order valence-electron chi connectivity index (χ2n) is 5.25. The normalized spacial score (nSPS) is 11.5. The third-order valence-electron chi connectivity index (χ3n) is 3.16. The molecule has 0 saturated heterocycles. The fourth-order valence-electron chi connectivity index (χ4n) is 2.00. The zero-order valence-electron chi connectivity index (χ0n) is 14.5. The molecule has 0 fully saturated rings. The number of rotatable bonds is 8. The topological polar surface area (TPSA) is 93.0 Å². The molecule has 0 aliphatic heterocycles. The van der Waals surface area contributed by atoms with Gasteiger partial charge in [0.05, 0.1) is 22.0 Å². The molecule has 0 saturated carbocycles. The SMILES string of the molecule is CCOc1cc(/C=N\Nc2ccc(C(F)(F)F)cn2)cc(I)c1OCC(=O)O. The monoisotopic (exact) mass is 509 g/mol. The maximum absolute atomic E-state index is 12.5. The van der Waals surface area contributed by atoms with Gasteiger partial charge < -0.3 is 14.6 Å². The molecule has 0 unspecified atom stereocenters. The number of hydrazone groups is 1. The van der Waals surface area contributed by atoms with Crippen LogP contribution in [0.1, 0.15) is 18.1 Å². The first kappa shape index (κ1) is 21.7. The highest BCUT2D eigenvalue weighted by Gasteiger charge is 2.30. The van der Waals surface area contributed by atoms with E-state index in [0.717, 1.165) is 6.07 Å². The molecule has 0 radical (unpaired) electrons. The zero-order valence-corrected chi connectivity index (χ0v) is 16.6. The number of benzene rings is 1. The van der Waals surface area contributed by atoms with Crippen LogP contribution < -0.4 is 14.9 Å². The van der Waals surface area contributed by atoms with Gasteiger partial charge in [0.2, 0.25) is 0 Å². The first-order valence-electron chi connectivity index (χ1n) is 7.84. The van der Waals surface area contributed by atoms with Crippen LogP contribution in [0.15, 0.2) is 35.6 Å². The highest BCUT2D eigenvalue weighted by molar-refractivity contribution is 14.1. The van der Waals surface area contributed by atoms with Gasteiger partial charge in [0, 0.05) is 6.20 Å². The van der Waals surface area contributed by atoms with Gasteiger partial charge in [-0.25, -0.2) is 9.78 Å². The van der Waals surface area contributed by atoms with Crippen LogP contribution in [-0.4, -0.2) is 35.5 Å². The molecular weight excluding hydrogens is 494 g/mol. The predicted octanol–water partition coefficient (Wildman–Crippen LogP) is 4.01. The van der Waals surface area contributed by atoms with Crippen molar-refractivity contribution in [3.05, 3.63) is 45.2 Å². The van der Waals surface area contributed by atoms with E-state index in [1.807, 2.05) is 22.6 Å². The standard InChI is InChI=1S/C17H15F3IN3O4/c1-2-27-13-6-10(5-12(21)16(13)28-9-15(25)26)7-23-24-14-4-3-11(8-22-14)17(18,19)20/h3-8H,2,9H2,1H3,(H,22,24)(H,25,26)/b23-7-. The molecule has 7 nitrogen and oxygen atoms in total. The Balaban J connectivity index is 2.13. The summed E-state index contributed by atoms with van der Waals surface area (Å²) in [6, 6.07) is 5.35. The van der Waals surface area contributed by atoms with Crippen LogP contribution in [0.25, 0.3) is 0 Å². The summed E-state index contributed by atoms with van der Waals surface area (Å²) in [6.45, 7) is 1.60. The Morgan fingerprint density at radius 1 is 1.36 bits per heavy atom. The second-order valence-corrected chi connectivity index (χ2v) is 6.41. The van der Waals surface area contributed by atoms with E-state index < -0.39 is 24.3 Å². The van der Waals surface area contributed by atoms with Gasteiger partial charge in [-0.3, -0.25) is 5.43 Å². The van der Waals surface area contributed by atoms with E-state index in [9.17, 15) is 18.0 Å². The summed E-state index contributed by atoms with van der Waals surface area (Å²) in [4.78, 5) is 14.4. The third kappa shape index (κ3) is 6.25. The second kappa shape index (κ2) is 9.57. The molecule has 1 heterocycles. The molecule has 0 aliphatic carbocycles. The zero-order chi connectivity index (χ0) is 20.7. The molecule has 2 rings (SSSR count). The van der Waals surface area contributed by atoms with Crippen LogP contribution in [0.3, 0.4) is 0 Å². The molecule has 0 aliphatic rings. The summed E-state index contributed by atoms with van der Waals surface area (Å²) in [5, 5.41) is 12.7. The van der Waals surface area contributed by atoms with Crippen molar-refractivity contribution in [1.82, 2.24) is 4.98 Å². The van der Waals surface area contributed by atoms with E-state index in [-0.39, 0.29) is 5.82 Å². The molecule has 28 heavy (non-hydrogen) atoms. The molecule has 1 aromatic heterocycles. The van der Waals surface area contributed by atoms with Crippen molar-refractivity contribution < 1.29 is 32.5 Å². The van der Waals surface area contributed by atoms with Crippen LogP contribution in [0.4, 0.5) is 19.0 Å². The lowest BCUT2D eigenvalue weighted by Gasteiger charge is -2.13. The number of hydrogen-bond donors (Lipinski definition) is 2. The number of carbonyl (C=O) groups is 1. The Morgan fingerprint density at radius 2 is 2.11 bits per heavy atom. The number of carboxylic acid groups (broad SMARTS) is 1. The first-order chi connectivity index (χ1) is 13.2. The van der Waals surface area contributed by atoms with Crippen molar-refractivity contribution in [2.24, 2.45) is 5.10 Å². The first-order valence-corrected chi connectivity index (χ1v) is 8.92. The lowest BCUT2D eigenvalue weighted by atomic mass is 10.2. The van der Waals surface area contributed by atoms with Crippen LogP contribution in [0.2, 0.25) is 0 Å². The molecule has 2 aromatic rings. The Labute approximate surface area is 171 Å². The number of aromatic nitrogens is 1. The number of carboxylic acids is 1. The van der Waals surface area contributed by atoms with Gasteiger partial charge >= 0.3 is 12.1 Å². The fourth-order valence-corrected chi connectivity index (χ4v) is 2.78. The van der Waals surface area contributed by atoms with E-state index in [0.29, 0.717) is 33.4 Å².